The Morgan fingerprint density at radius 3 is 2.87 bits per heavy atom. The molecular weight excluding hydrogens is 190 g/mol. The third kappa shape index (κ3) is 2.13. The number of aromatic nitrogens is 1. The van der Waals surface area contributed by atoms with Gasteiger partial charge in [0, 0.05) is 18.5 Å². The number of aryl methyl sites for hydroxylation is 1. The first-order valence-electron chi connectivity index (χ1n) is 4.70. The second kappa shape index (κ2) is 3.69. The number of hydrogen-bond donors (Lipinski definition) is 0. The first kappa shape index (κ1) is 9.65. The number of nitrogens with zero attached hydrogens (tertiary/aromatic N) is 1. The largest absolute Gasteiger partial charge is 0.427 e. The summed E-state index contributed by atoms with van der Waals surface area (Å²) in [6.07, 6.45) is 1.81. The van der Waals surface area contributed by atoms with Crippen LogP contribution in [0.25, 0.3) is 10.9 Å². The SMILES string of the molecule is CC(=O)Oc1ccc2ncc(C)cc2c1. The van der Waals surface area contributed by atoms with Gasteiger partial charge in [0.05, 0.1) is 5.52 Å². The van der Waals surface area contributed by atoms with Crippen LogP contribution in [0.15, 0.2) is 30.5 Å². The number of carbonyl (C=O) groups excluding carboxylic acids is 1. The van der Waals surface area contributed by atoms with Crippen LogP contribution in [0.1, 0.15) is 12.5 Å². The van der Waals surface area contributed by atoms with Crippen molar-refractivity contribution in [2.45, 2.75) is 13.8 Å². The average molecular weight is 201 g/mol. The van der Waals surface area contributed by atoms with Gasteiger partial charge in [0.1, 0.15) is 5.75 Å². The molecule has 0 atom stereocenters. The van der Waals surface area contributed by atoms with Crippen molar-refractivity contribution in [2.75, 3.05) is 0 Å². The van der Waals surface area contributed by atoms with E-state index in [1.54, 1.807) is 6.07 Å². The number of esters is 1. The molecular formula is C12H11NO2. The van der Waals surface area contributed by atoms with Crippen LogP contribution in [0, 0.1) is 6.92 Å². The molecule has 1 aromatic heterocycles. The Balaban J connectivity index is 2.49. The number of pyridine rings is 1. The quantitative estimate of drug-likeness (QED) is 0.525. The van der Waals surface area contributed by atoms with Gasteiger partial charge in [-0.05, 0) is 36.8 Å². The third-order valence-corrected chi connectivity index (χ3v) is 2.05. The molecule has 0 aliphatic rings. The van der Waals surface area contributed by atoms with E-state index in [1.807, 2.05) is 31.3 Å². The van der Waals surface area contributed by atoms with Crippen LogP contribution in [0.2, 0.25) is 0 Å². The highest BCUT2D eigenvalue weighted by Crippen LogP contribution is 2.20. The third-order valence-electron chi connectivity index (χ3n) is 2.05. The summed E-state index contributed by atoms with van der Waals surface area (Å²) in [4.78, 5) is 15.0. The summed E-state index contributed by atoms with van der Waals surface area (Å²) in [5.41, 5.74) is 1.99. The van der Waals surface area contributed by atoms with Crippen LogP contribution < -0.4 is 4.74 Å². The number of ether oxygens (including phenoxy) is 1. The molecule has 76 valence electrons. The van der Waals surface area contributed by atoms with Gasteiger partial charge in [0.15, 0.2) is 0 Å². The zero-order valence-corrected chi connectivity index (χ0v) is 8.65. The molecule has 0 N–H and O–H groups in total. The van der Waals surface area contributed by atoms with Gasteiger partial charge in [0.2, 0.25) is 0 Å². The van der Waals surface area contributed by atoms with Crippen LogP contribution in [-0.4, -0.2) is 11.0 Å². The fraction of sp³-hybridized carbons (Fsp3) is 0.167. The summed E-state index contributed by atoms with van der Waals surface area (Å²) in [5, 5.41) is 0.980. The fourth-order valence-corrected chi connectivity index (χ4v) is 1.45. The van der Waals surface area contributed by atoms with Gasteiger partial charge in [0.25, 0.3) is 0 Å². The number of rotatable bonds is 1. The van der Waals surface area contributed by atoms with E-state index in [0.29, 0.717) is 5.75 Å². The molecule has 2 rings (SSSR count). The van der Waals surface area contributed by atoms with Crippen LogP contribution in [0.5, 0.6) is 5.75 Å². The number of carbonyl (C=O) groups is 1. The molecule has 0 spiro atoms. The first-order chi connectivity index (χ1) is 7.15. The van der Waals surface area contributed by atoms with Crippen molar-refractivity contribution in [3.05, 3.63) is 36.0 Å². The maximum atomic E-state index is 10.8. The number of hydrogen-bond acceptors (Lipinski definition) is 3. The van der Waals surface area contributed by atoms with Gasteiger partial charge < -0.3 is 4.74 Å². The molecule has 3 nitrogen and oxygen atoms in total. The molecule has 0 unspecified atom stereocenters. The highest BCUT2D eigenvalue weighted by molar-refractivity contribution is 5.81. The summed E-state index contributed by atoms with van der Waals surface area (Å²) >= 11 is 0. The van der Waals surface area contributed by atoms with Crippen LogP contribution in [0.3, 0.4) is 0 Å². The molecule has 2 aromatic rings. The van der Waals surface area contributed by atoms with Gasteiger partial charge >= 0.3 is 5.97 Å². The molecule has 0 saturated heterocycles. The summed E-state index contributed by atoms with van der Waals surface area (Å²) in [5.74, 6) is 0.248. The van der Waals surface area contributed by atoms with Crippen molar-refractivity contribution >= 4 is 16.9 Å². The molecule has 1 aromatic carbocycles. The van der Waals surface area contributed by atoms with Gasteiger partial charge in [-0.25, -0.2) is 0 Å². The molecule has 0 bridgehead atoms. The molecule has 0 aliphatic heterocycles. The molecule has 0 aliphatic carbocycles. The molecule has 0 amide bonds. The maximum Gasteiger partial charge on any atom is 0.308 e. The monoisotopic (exact) mass is 201 g/mol. The van der Waals surface area contributed by atoms with Crippen molar-refractivity contribution in [2.24, 2.45) is 0 Å². The second-order valence-electron chi connectivity index (χ2n) is 3.46. The molecule has 0 saturated carbocycles. The lowest BCUT2D eigenvalue weighted by atomic mass is 10.2. The van der Waals surface area contributed by atoms with Crippen molar-refractivity contribution in [3.8, 4) is 5.75 Å². The summed E-state index contributed by atoms with van der Waals surface area (Å²) in [7, 11) is 0. The van der Waals surface area contributed by atoms with E-state index in [9.17, 15) is 4.79 Å². The summed E-state index contributed by atoms with van der Waals surface area (Å²) < 4.78 is 5.00. The minimum absolute atomic E-state index is 0.310. The Morgan fingerprint density at radius 1 is 1.33 bits per heavy atom. The van der Waals surface area contributed by atoms with Gasteiger partial charge in [-0.2, -0.15) is 0 Å². The van der Waals surface area contributed by atoms with E-state index < -0.39 is 0 Å². The van der Waals surface area contributed by atoms with E-state index in [-0.39, 0.29) is 5.97 Å². The summed E-state index contributed by atoms with van der Waals surface area (Å²) in [6.45, 7) is 3.36. The van der Waals surface area contributed by atoms with E-state index in [1.165, 1.54) is 6.92 Å². The van der Waals surface area contributed by atoms with Crippen molar-refractivity contribution in [3.63, 3.8) is 0 Å². The van der Waals surface area contributed by atoms with Gasteiger partial charge in [-0.15, -0.1) is 0 Å². The Kier molecular flexibility index (Phi) is 2.37. The minimum Gasteiger partial charge on any atom is -0.427 e. The lowest BCUT2D eigenvalue weighted by Crippen LogP contribution is -2.01. The summed E-state index contributed by atoms with van der Waals surface area (Å²) in [6, 6.07) is 7.41. The van der Waals surface area contributed by atoms with Crippen molar-refractivity contribution < 1.29 is 9.53 Å². The predicted octanol–water partition coefficient (Wildman–Crippen LogP) is 2.47. The predicted molar refractivity (Wildman–Crippen MR) is 57.8 cm³/mol. The molecule has 15 heavy (non-hydrogen) atoms. The van der Waals surface area contributed by atoms with Crippen molar-refractivity contribution in [1.82, 2.24) is 4.98 Å². The van der Waals surface area contributed by atoms with E-state index in [4.69, 9.17) is 4.74 Å². The maximum absolute atomic E-state index is 10.8. The Labute approximate surface area is 87.7 Å². The van der Waals surface area contributed by atoms with Crippen LogP contribution >= 0.6 is 0 Å². The fourth-order valence-electron chi connectivity index (χ4n) is 1.45. The molecule has 0 radical (unpaired) electrons. The Hall–Kier alpha value is -1.90. The molecule has 1 heterocycles. The number of benzene rings is 1. The molecule has 0 fully saturated rings. The van der Waals surface area contributed by atoms with Crippen LogP contribution in [-0.2, 0) is 4.79 Å². The highest BCUT2D eigenvalue weighted by Gasteiger charge is 2.00. The number of fused-ring (bicyclic) bond motifs is 1. The van der Waals surface area contributed by atoms with Crippen molar-refractivity contribution in [1.29, 1.82) is 0 Å². The topological polar surface area (TPSA) is 39.2 Å². The Morgan fingerprint density at radius 2 is 2.13 bits per heavy atom. The standard InChI is InChI=1S/C12H11NO2/c1-8-5-10-6-11(15-9(2)14)3-4-12(10)13-7-8/h3-7H,1-2H3. The van der Waals surface area contributed by atoms with Gasteiger partial charge in [-0.1, -0.05) is 0 Å². The van der Waals surface area contributed by atoms with E-state index in [2.05, 4.69) is 4.98 Å². The van der Waals surface area contributed by atoms with Gasteiger partial charge in [-0.3, -0.25) is 9.78 Å². The smallest absolute Gasteiger partial charge is 0.308 e. The minimum atomic E-state index is -0.310. The zero-order valence-electron chi connectivity index (χ0n) is 8.65. The van der Waals surface area contributed by atoms with Crippen LogP contribution in [0.4, 0.5) is 0 Å². The van der Waals surface area contributed by atoms with E-state index in [0.717, 1.165) is 16.5 Å². The Bertz CT molecular complexity index is 520. The first-order valence-corrected chi connectivity index (χ1v) is 4.70. The second-order valence-corrected chi connectivity index (χ2v) is 3.46. The molecule has 3 heteroatoms. The lowest BCUT2D eigenvalue weighted by molar-refractivity contribution is -0.131. The average Bonchev–Trinajstić information content (AvgIpc) is 2.16. The highest BCUT2D eigenvalue weighted by atomic mass is 16.5. The normalized spacial score (nSPS) is 10.3. The zero-order chi connectivity index (χ0) is 10.8. The lowest BCUT2D eigenvalue weighted by Gasteiger charge is -2.03. The van der Waals surface area contributed by atoms with E-state index >= 15 is 0 Å².